The number of aromatic nitrogens is 2. The Labute approximate surface area is 88.0 Å². The topological polar surface area (TPSA) is 81.0 Å². The van der Waals surface area contributed by atoms with E-state index in [0.717, 1.165) is 25.7 Å². The number of rotatable bonds is 2. The second-order valence-electron chi connectivity index (χ2n) is 4.00. The van der Waals surface area contributed by atoms with Crippen molar-refractivity contribution in [3.8, 4) is 0 Å². The fourth-order valence-electron chi connectivity index (χ4n) is 2.03. The van der Waals surface area contributed by atoms with E-state index in [2.05, 4.69) is 14.7 Å². The van der Waals surface area contributed by atoms with Crippen molar-refractivity contribution in [2.75, 3.05) is 7.11 Å². The van der Waals surface area contributed by atoms with Crippen molar-refractivity contribution < 1.29 is 9.53 Å². The maximum Gasteiger partial charge on any atom is 0.356 e. The molecule has 1 aromatic rings. The molecule has 5 nitrogen and oxygen atoms in total. The first-order valence-electron chi connectivity index (χ1n) is 5.08. The summed E-state index contributed by atoms with van der Waals surface area (Å²) in [6, 6.07) is 0. The summed E-state index contributed by atoms with van der Waals surface area (Å²) < 4.78 is 4.59. The molecule has 0 spiro atoms. The van der Waals surface area contributed by atoms with Crippen molar-refractivity contribution in [2.45, 2.75) is 31.2 Å². The molecule has 0 bridgehead atoms. The predicted octanol–water partition coefficient (Wildman–Crippen LogP) is 0.924. The molecule has 1 aliphatic carbocycles. The molecule has 0 amide bonds. The largest absolute Gasteiger partial charge is 0.464 e. The van der Waals surface area contributed by atoms with Gasteiger partial charge in [-0.1, -0.05) is 12.8 Å². The van der Waals surface area contributed by atoms with E-state index < -0.39 is 5.97 Å². The second kappa shape index (κ2) is 3.66. The molecule has 1 heterocycles. The number of carbonyl (C=O) groups is 1. The predicted molar refractivity (Wildman–Crippen MR) is 54.3 cm³/mol. The fourth-order valence-corrected chi connectivity index (χ4v) is 2.03. The summed E-state index contributed by atoms with van der Waals surface area (Å²) in [6.45, 7) is 0. The zero-order valence-corrected chi connectivity index (χ0v) is 8.75. The number of nitrogens with one attached hydrogen (secondary N) is 1. The number of hydrogen-bond acceptors (Lipinski definition) is 4. The lowest BCUT2D eigenvalue weighted by molar-refractivity contribution is 0.0594. The number of imidazole rings is 1. The molecule has 82 valence electrons. The van der Waals surface area contributed by atoms with Gasteiger partial charge in [-0.2, -0.15) is 0 Å². The lowest BCUT2D eigenvalue weighted by atomic mass is 9.99. The van der Waals surface area contributed by atoms with Crippen LogP contribution in [-0.2, 0) is 10.3 Å². The van der Waals surface area contributed by atoms with E-state index in [1.165, 1.54) is 13.3 Å². The number of esters is 1. The average molecular weight is 209 g/mol. The van der Waals surface area contributed by atoms with Crippen LogP contribution in [-0.4, -0.2) is 23.0 Å². The van der Waals surface area contributed by atoms with Crippen LogP contribution in [0.1, 0.15) is 42.0 Å². The van der Waals surface area contributed by atoms with E-state index in [1.807, 2.05) is 0 Å². The molecule has 0 aromatic carbocycles. The molecule has 15 heavy (non-hydrogen) atoms. The monoisotopic (exact) mass is 209 g/mol. The van der Waals surface area contributed by atoms with Gasteiger partial charge in [0.15, 0.2) is 0 Å². The third kappa shape index (κ3) is 1.74. The Morgan fingerprint density at radius 1 is 1.60 bits per heavy atom. The second-order valence-corrected chi connectivity index (χ2v) is 4.00. The number of nitrogens with two attached hydrogens (primary N) is 1. The van der Waals surface area contributed by atoms with Gasteiger partial charge in [0.2, 0.25) is 0 Å². The standard InChI is InChI=1S/C10H15N3O2/c1-15-8(14)7-6-12-9(13-7)10(11)4-2-3-5-10/h6H,2-5,11H2,1H3,(H,12,13). The molecule has 2 rings (SSSR count). The molecule has 1 fully saturated rings. The lowest BCUT2D eigenvalue weighted by Gasteiger charge is -2.20. The van der Waals surface area contributed by atoms with E-state index in [1.54, 1.807) is 0 Å². The van der Waals surface area contributed by atoms with E-state index in [9.17, 15) is 4.79 Å². The van der Waals surface area contributed by atoms with E-state index in [0.29, 0.717) is 11.5 Å². The van der Waals surface area contributed by atoms with Crippen LogP contribution in [0.5, 0.6) is 0 Å². The van der Waals surface area contributed by atoms with Crippen LogP contribution in [0.3, 0.4) is 0 Å². The Kier molecular flexibility index (Phi) is 2.48. The van der Waals surface area contributed by atoms with Gasteiger partial charge in [0, 0.05) is 0 Å². The Hall–Kier alpha value is -1.36. The Balaban J connectivity index is 2.23. The molecule has 0 radical (unpaired) electrons. The molecule has 0 saturated heterocycles. The maximum absolute atomic E-state index is 11.2. The van der Waals surface area contributed by atoms with Crippen LogP contribution in [0, 0.1) is 0 Å². The van der Waals surface area contributed by atoms with Gasteiger partial charge in [0.25, 0.3) is 0 Å². The zero-order valence-electron chi connectivity index (χ0n) is 8.75. The minimum atomic E-state index is -0.407. The first kappa shape index (κ1) is 10.2. The minimum Gasteiger partial charge on any atom is -0.464 e. The number of carbonyl (C=O) groups excluding carboxylic acids is 1. The number of ether oxygens (including phenoxy) is 1. The van der Waals surface area contributed by atoms with Crippen LogP contribution < -0.4 is 5.73 Å². The SMILES string of the molecule is COC(=O)c1cnc(C2(N)CCCC2)[nH]1. The zero-order chi connectivity index (χ0) is 10.9. The number of H-pyrrole nitrogens is 1. The molecule has 1 aromatic heterocycles. The van der Waals surface area contributed by atoms with Gasteiger partial charge in [0.05, 0.1) is 18.8 Å². The molecule has 0 aliphatic heterocycles. The Morgan fingerprint density at radius 2 is 2.27 bits per heavy atom. The van der Waals surface area contributed by atoms with Crippen molar-refractivity contribution in [3.63, 3.8) is 0 Å². The molecule has 1 saturated carbocycles. The summed E-state index contributed by atoms with van der Waals surface area (Å²) in [4.78, 5) is 18.3. The Morgan fingerprint density at radius 3 is 2.87 bits per heavy atom. The summed E-state index contributed by atoms with van der Waals surface area (Å²) in [6.07, 6.45) is 5.55. The highest BCUT2D eigenvalue weighted by Gasteiger charge is 2.34. The van der Waals surface area contributed by atoms with Crippen LogP contribution in [0.4, 0.5) is 0 Å². The van der Waals surface area contributed by atoms with Crippen molar-refractivity contribution >= 4 is 5.97 Å². The van der Waals surface area contributed by atoms with E-state index >= 15 is 0 Å². The van der Waals surface area contributed by atoms with Crippen molar-refractivity contribution in [3.05, 3.63) is 17.7 Å². The lowest BCUT2D eigenvalue weighted by Crippen LogP contribution is -2.34. The summed E-state index contributed by atoms with van der Waals surface area (Å²) in [5, 5.41) is 0. The quantitative estimate of drug-likeness (QED) is 0.710. The van der Waals surface area contributed by atoms with Gasteiger partial charge >= 0.3 is 5.97 Å². The fraction of sp³-hybridized carbons (Fsp3) is 0.600. The molecule has 5 heteroatoms. The van der Waals surface area contributed by atoms with Gasteiger partial charge in [-0.05, 0) is 12.8 Å². The summed E-state index contributed by atoms with van der Waals surface area (Å²) in [7, 11) is 1.34. The number of nitrogens with zero attached hydrogens (tertiary/aromatic N) is 1. The van der Waals surface area contributed by atoms with Gasteiger partial charge < -0.3 is 15.5 Å². The normalized spacial score (nSPS) is 19.1. The summed E-state index contributed by atoms with van der Waals surface area (Å²) in [5.74, 6) is 0.288. The number of aromatic amines is 1. The van der Waals surface area contributed by atoms with Crippen LogP contribution in [0.2, 0.25) is 0 Å². The third-order valence-corrected chi connectivity index (χ3v) is 2.95. The molecule has 0 unspecified atom stereocenters. The van der Waals surface area contributed by atoms with Crippen molar-refractivity contribution in [1.82, 2.24) is 9.97 Å². The van der Waals surface area contributed by atoms with E-state index in [4.69, 9.17) is 5.73 Å². The third-order valence-electron chi connectivity index (χ3n) is 2.95. The average Bonchev–Trinajstić information content (AvgIpc) is 2.85. The minimum absolute atomic E-state index is 0.365. The van der Waals surface area contributed by atoms with Crippen LogP contribution in [0.15, 0.2) is 6.20 Å². The van der Waals surface area contributed by atoms with Gasteiger partial charge in [0.1, 0.15) is 11.5 Å². The highest BCUT2D eigenvalue weighted by molar-refractivity contribution is 5.86. The first-order chi connectivity index (χ1) is 7.15. The van der Waals surface area contributed by atoms with Gasteiger partial charge in [-0.3, -0.25) is 0 Å². The summed E-state index contributed by atoms with van der Waals surface area (Å²) >= 11 is 0. The molecule has 1 aliphatic rings. The number of hydrogen-bond donors (Lipinski definition) is 2. The van der Waals surface area contributed by atoms with Crippen molar-refractivity contribution in [2.24, 2.45) is 5.73 Å². The molecule has 0 atom stereocenters. The Bertz CT molecular complexity index is 366. The van der Waals surface area contributed by atoms with Crippen molar-refractivity contribution in [1.29, 1.82) is 0 Å². The molecular formula is C10H15N3O2. The van der Waals surface area contributed by atoms with Gasteiger partial charge in [-0.25, -0.2) is 9.78 Å². The summed E-state index contributed by atoms with van der Waals surface area (Å²) in [5.41, 5.74) is 6.17. The smallest absolute Gasteiger partial charge is 0.356 e. The van der Waals surface area contributed by atoms with Gasteiger partial charge in [-0.15, -0.1) is 0 Å². The number of methoxy groups -OCH3 is 1. The van der Waals surface area contributed by atoms with E-state index in [-0.39, 0.29) is 5.54 Å². The maximum atomic E-state index is 11.2. The molecular weight excluding hydrogens is 194 g/mol. The highest BCUT2D eigenvalue weighted by atomic mass is 16.5. The first-order valence-corrected chi connectivity index (χ1v) is 5.08. The van der Waals surface area contributed by atoms with Crippen LogP contribution >= 0.6 is 0 Å². The van der Waals surface area contributed by atoms with Crippen LogP contribution in [0.25, 0.3) is 0 Å². The highest BCUT2D eigenvalue weighted by Crippen LogP contribution is 2.34. The molecule has 3 N–H and O–H groups in total.